The molecule has 1 aromatic heterocycles. The molecule has 1 aromatic carbocycles. The van der Waals surface area contributed by atoms with Gasteiger partial charge in [-0.2, -0.15) is 0 Å². The molecule has 0 spiro atoms. The number of aromatic nitrogens is 1. The maximum Gasteiger partial charge on any atom is 0.274 e. The molecule has 0 aliphatic heterocycles. The van der Waals surface area contributed by atoms with Gasteiger partial charge in [-0.15, -0.1) is 0 Å². The number of nitrogens with zero attached hydrogens (tertiary/aromatic N) is 1. The van der Waals surface area contributed by atoms with Crippen LogP contribution in [0.5, 0.6) is 5.75 Å². The van der Waals surface area contributed by atoms with Gasteiger partial charge in [0, 0.05) is 24.5 Å². The van der Waals surface area contributed by atoms with Crippen LogP contribution >= 0.6 is 0 Å². The molecule has 2 aromatic rings. The van der Waals surface area contributed by atoms with Crippen LogP contribution < -0.4 is 15.8 Å². The van der Waals surface area contributed by atoms with Crippen molar-refractivity contribution in [3.8, 4) is 5.75 Å². The molecule has 1 heterocycles. The van der Waals surface area contributed by atoms with Crippen molar-refractivity contribution in [1.82, 2.24) is 4.98 Å². The molecule has 0 radical (unpaired) electrons. The number of ether oxygens (including phenoxy) is 1. The van der Waals surface area contributed by atoms with E-state index in [0.717, 1.165) is 11.3 Å². The first-order chi connectivity index (χ1) is 9.72. The second kappa shape index (κ2) is 6.68. The Morgan fingerprint density at radius 3 is 2.85 bits per heavy atom. The van der Waals surface area contributed by atoms with Crippen molar-refractivity contribution < 1.29 is 9.53 Å². The molecule has 20 heavy (non-hydrogen) atoms. The molecule has 0 saturated carbocycles. The normalized spacial score (nSPS) is 10.1. The molecule has 0 fully saturated rings. The molecule has 2 rings (SSSR count). The average molecular weight is 271 g/mol. The quantitative estimate of drug-likeness (QED) is 0.874. The van der Waals surface area contributed by atoms with E-state index in [2.05, 4.69) is 10.3 Å². The summed E-state index contributed by atoms with van der Waals surface area (Å²) >= 11 is 0. The Morgan fingerprint density at radius 1 is 1.35 bits per heavy atom. The van der Waals surface area contributed by atoms with Crippen LogP contribution in [-0.2, 0) is 6.54 Å². The van der Waals surface area contributed by atoms with Crippen molar-refractivity contribution in [3.63, 3.8) is 0 Å². The number of amides is 1. The highest BCUT2D eigenvalue weighted by atomic mass is 16.5. The fourth-order valence-corrected chi connectivity index (χ4v) is 1.70. The Bertz CT molecular complexity index is 582. The third-order valence-electron chi connectivity index (χ3n) is 2.70. The number of nitrogens with one attached hydrogen (secondary N) is 1. The van der Waals surface area contributed by atoms with Crippen LogP contribution in [-0.4, -0.2) is 17.5 Å². The summed E-state index contributed by atoms with van der Waals surface area (Å²) in [5, 5.41) is 2.78. The Kier molecular flexibility index (Phi) is 4.68. The van der Waals surface area contributed by atoms with E-state index in [9.17, 15) is 4.79 Å². The van der Waals surface area contributed by atoms with E-state index in [1.54, 1.807) is 30.5 Å². The lowest BCUT2D eigenvalue weighted by atomic mass is 10.2. The van der Waals surface area contributed by atoms with Gasteiger partial charge in [0.05, 0.1) is 6.61 Å². The summed E-state index contributed by atoms with van der Waals surface area (Å²) in [6, 6.07) is 10.7. The minimum Gasteiger partial charge on any atom is -0.494 e. The van der Waals surface area contributed by atoms with Crippen LogP contribution in [0.3, 0.4) is 0 Å². The summed E-state index contributed by atoms with van der Waals surface area (Å²) in [4.78, 5) is 16.1. The van der Waals surface area contributed by atoms with Gasteiger partial charge in [0.1, 0.15) is 11.4 Å². The molecule has 0 unspecified atom stereocenters. The highest BCUT2D eigenvalue weighted by Crippen LogP contribution is 2.17. The third-order valence-corrected chi connectivity index (χ3v) is 2.70. The molecule has 3 N–H and O–H groups in total. The maximum atomic E-state index is 12.0. The Hall–Kier alpha value is -2.40. The number of anilines is 1. The van der Waals surface area contributed by atoms with Gasteiger partial charge in [-0.3, -0.25) is 9.78 Å². The van der Waals surface area contributed by atoms with E-state index in [4.69, 9.17) is 10.5 Å². The smallest absolute Gasteiger partial charge is 0.274 e. The predicted molar refractivity (Wildman–Crippen MR) is 77.7 cm³/mol. The number of benzene rings is 1. The fraction of sp³-hybridized carbons (Fsp3) is 0.200. The first-order valence-electron chi connectivity index (χ1n) is 6.42. The van der Waals surface area contributed by atoms with Crippen LogP contribution in [0.1, 0.15) is 23.0 Å². The number of nitrogens with two attached hydrogens (primary N) is 1. The van der Waals surface area contributed by atoms with Gasteiger partial charge in [-0.1, -0.05) is 12.1 Å². The zero-order valence-corrected chi connectivity index (χ0v) is 11.3. The van der Waals surface area contributed by atoms with E-state index in [1.165, 1.54) is 0 Å². The van der Waals surface area contributed by atoms with Crippen molar-refractivity contribution in [2.75, 3.05) is 11.9 Å². The van der Waals surface area contributed by atoms with E-state index in [-0.39, 0.29) is 5.91 Å². The third kappa shape index (κ3) is 3.55. The largest absolute Gasteiger partial charge is 0.494 e. The lowest BCUT2D eigenvalue weighted by Gasteiger charge is -2.08. The van der Waals surface area contributed by atoms with Gasteiger partial charge in [-0.25, -0.2) is 0 Å². The predicted octanol–water partition coefficient (Wildman–Crippen LogP) is 2.19. The second-order valence-corrected chi connectivity index (χ2v) is 4.17. The van der Waals surface area contributed by atoms with Crippen LogP contribution in [0.15, 0.2) is 42.6 Å². The zero-order chi connectivity index (χ0) is 14.4. The summed E-state index contributed by atoms with van der Waals surface area (Å²) < 4.78 is 5.38. The number of rotatable bonds is 5. The van der Waals surface area contributed by atoms with Gasteiger partial charge in [-0.05, 0) is 30.7 Å². The first kappa shape index (κ1) is 14.0. The highest BCUT2D eigenvalue weighted by molar-refractivity contribution is 6.02. The van der Waals surface area contributed by atoms with E-state index >= 15 is 0 Å². The average Bonchev–Trinajstić information content (AvgIpc) is 2.48. The first-order valence-corrected chi connectivity index (χ1v) is 6.42. The SMILES string of the molecule is CCOc1cccc(NC(=O)c2ccc(CN)cn2)c1. The highest BCUT2D eigenvalue weighted by Gasteiger charge is 2.08. The standard InChI is InChI=1S/C15H17N3O2/c1-2-20-13-5-3-4-12(8-13)18-15(19)14-7-6-11(9-16)10-17-14/h3-8,10H,2,9,16H2,1H3,(H,18,19). The van der Waals surface area contributed by atoms with E-state index in [1.807, 2.05) is 19.1 Å². The molecule has 0 aliphatic rings. The Balaban J connectivity index is 2.08. The van der Waals surface area contributed by atoms with Crippen molar-refractivity contribution in [2.24, 2.45) is 5.73 Å². The summed E-state index contributed by atoms with van der Waals surface area (Å²) in [5.74, 6) is 0.457. The molecule has 0 bridgehead atoms. The maximum absolute atomic E-state index is 12.0. The number of carbonyl (C=O) groups excluding carboxylic acids is 1. The van der Waals surface area contributed by atoms with Gasteiger partial charge in [0.2, 0.25) is 0 Å². The summed E-state index contributed by atoms with van der Waals surface area (Å²) in [6.45, 7) is 2.90. The number of carbonyl (C=O) groups is 1. The molecule has 5 nitrogen and oxygen atoms in total. The zero-order valence-electron chi connectivity index (χ0n) is 11.3. The Labute approximate surface area is 117 Å². The molecular formula is C15H17N3O2. The topological polar surface area (TPSA) is 77.2 Å². The van der Waals surface area contributed by atoms with Crippen molar-refractivity contribution in [2.45, 2.75) is 13.5 Å². The van der Waals surface area contributed by atoms with Crippen LogP contribution in [0, 0.1) is 0 Å². The summed E-state index contributed by atoms with van der Waals surface area (Å²) in [6.07, 6.45) is 1.60. The lowest BCUT2D eigenvalue weighted by Crippen LogP contribution is -2.14. The number of pyridine rings is 1. The molecule has 104 valence electrons. The minimum absolute atomic E-state index is 0.262. The van der Waals surface area contributed by atoms with Gasteiger partial charge in [0.15, 0.2) is 0 Å². The van der Waals surface area contributed by atoms with E-state index < -0.39 is 0 Å². The Morgan fingerprint density at radius 2 is 2.20 bits per heavy atom. The van der Waals surface area contributed by atoms with Crippen molar-refractivity contribution in [1.29, 1.82) is 0 Å². The van der Waals surface area contributed by atoms with Crippen molar-refractivity contribution >= 4 is 11.6 Å². The monoisotopic (exact) mass is 271 g/mol. The van der Waals surface area contributed by atoms with Gasteiger partial charge < -0.3 is 15.8 Å². The molecule has 5 heteroatoms. The molecule has 0 aliphatic carbocycles. The summed E-state index contributed by atoms with van der Waals surface area (Å²) in [5.41, 5.74) is 7.40. The molecule has 0 saturated heterocycles. The minimum atomic E-state index is -0.262. The number of hydrogen-bond donors (Lipinski definition) is 2. The van der Waals surface area contributed by atoms with Gasteiger partial charge >= 0.3 is 0 Å². The van der Waals surface area contributed by atoms with Gasteiger partial charge in [0.25, 0.3) is 5.91 Å². The number of hydrogen-bond acceptors (Lipinski definition) is 4. The molecule has 1 amide bonds. The summed E-state index contributed by atoms with van der Waals surface area (Å²) in [7, 11) is 0. The molecule has 0 atom stereocenters. The van der Waals surface area contributed by atoms with Crippen LogP contribution in [0.25, 0.3) is 0 Å². The fourth-order valence-electron chi connectivity index (χ4n) is 1.70. The van der Waals surface area contributed by atoms with Crippen LogP contribution in [0.4, 0.5) is 5.69 Å². The van der Waals surface area contributed by atoms with Crippen LogP contribution in [0.2, 0.25) is 0 Å². The molecular weight excluding hydrogens is 254 g/mol. The van der Waals surface area contributed by atoms with Crippen molar-refractivity contribution in [3.05, 3.63) is 53.9 Å². The van der Waals surface area contributed by atoms with E-state index in [0.29, 0.717) is 24.5 Å². The lowest BCUT2D eigenvalue weighted by molar-refractivity contribution is 0.102. The second-order valence-electron chi connectivity index (χ2n) is 4.17.